The Kier molecular flexibility index (Phi) is 2.96. The summed E-state index contributed by atoms with van der Waals surface area (Å²) in [6, 6.07) is 5.91. The summed E-state index contributed by atoms with van der Waals surface area (Å²) in [5, 5.41) is 0. The number of oxazole rings is 1. The van der Waals surface area contributed by atoms with Crippen molar-refractivity contribution in [3.05, 3.63) is 34.3 Å². The van der Waals surface area contributed by atoms with Crippen LogP contribution in [-0.4, -0.2) is 11.5 Å². The molecular weight excluding hydrogens is 228 g/mol. The Balaban J connectivity index is 1.98. The third-order valence-corrected chi connectivity index (χ3v) is 4.09. The molecular formula is C14H18N2O2. The minimum absolute atomic E-state index is 0.396. The summed E-state index contributed by atoms with van der Waals surface area (Å²) in [4.78, 5) is 13.9. The molecule has 0 bridgehead atoms. The summed E-state index contributed by atoms with van der Waals surface area (Å²) in [6.45, 7) is 0.665. The molecule has 0 radical (unpaired) electrons. The lowest BCUT2D eigenvalue weighted by molar-refractivity contribution is 0.440. The number of nitrogens with one attached hydrogen (secondary N) is 1. The molecule has 1 aliphatic carbocycles. The quantitative estimate of drug-likeness (QED) is 0.873. The highest BCUT2D eigenvalue weighted by Gasteiger charge is 2.25. The summed E-state index contributed by atoms with van der Waals surface area (Å²) >= 11 is 0. The maximum atomic E-state index is 11.1. The number of hydrogen-bond donors (Lipinski definition) is 2. The molecule has 4 heteroatoms. The third-order valence-electron chi connectivity index (χ3n) is 4.09. The van der Waals surface area contributed by atoms with Gasteiger partial charge in [-0.25, -0.2) is 4.79 Å². The Morgan fingerprint density at radius 3 is 2.89 bits per heavy atom. The highest BCUT2D eigenvalue weighted by molar-refractivity contribution is 5.73. The number of benzene rings is 1. The van der Waals surface area contributed by atoms with Gasteiger partial charge in [0.25, 0.3) is 0 Å². The van der Waals surface area contributed by atoms with Crippen LogP contribution < -0.4 is 11.5 Å². The number of aromatic nitrogens is 1. The fourth-order valence-corrected chi connectivity index (χ4v) is 3.16. The molecule has 1 aromatic heterocycles. The fraction of sp³-hybridized carbons (Fsp3) is 0.500. The first-order valence-electron chi connectivity index (χ1n) is 6.61. The lowest BCUT2D eigenvalue weighted by Gasteiger charge is -2.22. The van der Waals surface area contributed by atoms with Gasteiger partial charge >= 0.3 is 5.76 Å². The number of rotatable bonds is 3. The van der Waals surface area contributed by atoms with E-state index in [2.05, 4.69) is 4.98 Å². The van der Waals surface area contributed by atoms with Gasteiger partial charge in [0, 0.05) is 0 Å². The van der Waals surface area contributed by atoms with Gasteiger partial charge in [-0.05, 0) is 48.9 Å². The molecule has 3 N–H and O–H groups in total. The first-order chi connectivity index (χ1) is 8.78. The van der Waals surface area contributed by atoms with Crippen molar-refractivity contribution in [1.82, 2.24) is 4.98 Å². The van der Waals surface area contributed by atoms with Gasteiger partial charge in [-0.1, -0.05) is 18.9 Å². The van der Waals surface area contributed by atoms with E-state index in [1.165, 1.54) is 31.2 Å². The van der Waals surface area contributed by atoms with E-state index in [0.29, 0.717) is 24.0 Å². The maximum Gasteiger partial charge on any atom is 0.417 e. The molecule has 1 heterocycles. The fourth-order valence-electron chi connectivity index (χ4n) is 3.16. The van der Waals surface area contributed by atoms with Gasteiger partial charge in [0.15, 0.2) is 5.58 Å². The van der Waals surface area contributed by atoms with Crippen molar-refractivity contribution in [3.63, 3.8) is 0 Å². The van der Waals surface area contributed by atoms with Crippen molar-refractivity contribution in [2.24, 2.45) is 11.7 Å². The molecule has 18 heavy (non-hydrogen) atoms. The van der Waals surface area contributed by atoms with E-state index < -0.39 is 5.76 Å². The molecule has 0 amide bonds. The normalized spacial score (nSPS) is 18.5. The SMILES string of the molecule is NCC(c1ccc2oc(=O)[nH]c2c1)C1CCCC1. The Morgan fingerprint density at radius 1 is 1.39 bits per heavy atom. The number of nitrogens with two attached hydrogens (primary N) is 1. The molecule has 1 fully saturated rings. The minimum Gasteiger partial charge on any atom is -0.408 e. The summed E-state index contributed by atoms with van der Waals surface area (Å²) in [5.41, 5.74) is 8.54. The zero-order chi connectivity index (χ0) is 12.5. The molecule has 1 atom stereocenters. The highest BCUT2D eigenvalue weighted by Crippen LogP contribution is 2.37. The Hall–Kier alpha value is -1.55. The lowest BCUT2D eigenvalue weighted by atomic mass is 9.85. The van der Waals surface area contributed by atoms with Crippen LogP contribution in [0.2, 0.25) is 0 Å². The van der Waals surface area contributed by atoms with Crippen LogP contribution in [0.25, 0.3) is 11.1 Å². The Labute approximate surface area is 105 Å². The van der Waals surface area contributed by atoms with Gasteiger partial charge in [-0.3, -0.25) is 4.98 Å². The number of aromatic amines is 1. The van der Waals surface area contributed by atoms with Crippen LogP contribution in [0.4, 0.5) is 0 Å². The monoisotopic (exact) mass is 246 g/mol. The summed E-state index contributed by atoms with van der Waals surface area (Å²) in [5.74, 6) is 0.689. The molecule has 0 spiro atoms. The summed E-state index contributed by atoms with van der Waals surface area (Å²) < 4.78 is 5.02. The predicted octanol–water partition coefficient (Wildman–Crippen LogP) is 2.35. The molecule has 0 aliphatic heterocycles. The largest absolute Gasteiger partial charge is 0.417 e. The maximum absolute atomic E-state index is 11.1. The van der Waals surface area contributed by atoms with Gasteiger partial charge in [0.2, 0.25) is 0 Å². The van der Waals surface area contributed by atoms with Gasteiger partial charge in [-0.2, -0.15) is 0 Å². The molecule has 0 saturated heterocycles. The predicted molar refractivity (Wildman–Crippen MR) is 70.6 cm³/mol. The smallest absolute Gasteiger partial charge is 0.408 e. The standard InChI is InChI=1S/C14H18N2O2/c15-8-11(9-3-1-2-4-9)10-5-6-13-12(7-10)16-14(17)18-13/h5-7,9,11H,1-4,8,15H2,(H,16,17). The minimum atomic E-state index is -0.396. The second-order valence-electron chi connectivity index (χ2n) is 5.16. The van der Waals surface area contributed by atoms with Crippen molar-refractivity contribution < 1.29 is 4.42 Å². The first kappa shape index (κ1) is 11.5. The molecule has 4 nitrogen and oxygen atoms in total. The van der Waals surface area contributed by atoms with E-state index in [-0.39, 0.29) is 0 Å². The molecule has 1 aromatic carbocycles. The van der Waals surface area contributed by atoms with Crippen LogP contribution in [-0.2, 0) is 0 Å². The molecule has 1 aliphatic rings. The molecule has 1 saturated carbocycles. The van der Waals surface area contributed by atoms with Gasteiger partial charge in [0.1, 0.15) is 0 Å². The van der Waals surface area contributed by atoms with E-state index in [9.17, 15) is 4.79 Å². The summed E-state index contributed by atoms with van der Waals surface area (Å²) in [7, 11) is 0. The second-order valence-corrected chi connectivity index (χ2v) is 5.16. The van der Waals surface area contributed by atoms with Crippen molar-refractivity contribution >= 4 is 11.1 Å². The van der Waals surface area contributed by atoms with Crippen molar-refractivity contribution in [1.29, 1.82) is 0 Å². The van der Waals surface area contributed by atoms with E-state index >= 15 is 0 Å². The van der Waals surface area contributed by atoms with E-state index in [0.717, 1.165) is 5.52 Å². The molecule has 3 rings (SSSR count). The van der Waals surface area contributed by atoms with Crippen LogP contribution >= 0.6 is 0 Å². The topological polar surface area (TPSA) is 72.0 Å². The second kappa shape index (κ2) is 4.61. The highest BCUT2D eigenvalue weighted by atomic mass is 16.4. The van der Waals surface area contributed by atoms with E-state index in [1.54, 1.807) is 0 Å². The number of hydrogen-bond acceptors (Lipinski definition) is 3. The van der Waals surface area contributed by atoms with Crippen LogP contribution in [0.1, 0.15) is 37.2 Å². The summed E-state index contributed by atoms with van der Waals surface area (Å²) in [6.07, 6.45) is 5.15. The van der Waals surface area contributed by atoms with E-state index in [1.807, 2.05) is 18.2 Å². The first-order valence-corrected chi connectivity index (χ1v) is 6.61. The third kappa shape index (κ3) is 1.97. The zero-order valence-electron chi connectivity index (χ0n) is 10.3. The zero-order valence-corrected chi connectivity index (χ0v) is 10.3. The molecule has 1 unspecified atom stereocenters. The Bertz CT molecular complexity index is 593. The van der Waals surface area contributed by atoms with Crippen molar-refractivity contribution in [2.45, 2.75) is 31.6 Å². The number of fused-ring (bicyclic) bond motifs is 1. The Morgan fingerprint density at radius 2 is 2.17 bits per heavy atom. The van der Waals surface area contributed by atoms with Gasteiger partial charge in [0.05, 0.1) is 5.52 Å². The van der Waals surface area contributed by atoms with Gasteiger partial charge in [-0.15, -0.1) is 0 Å². The van der Waals surface area contributed by atoms with Crippen LogP contribution in [0.15, 0.2) is 27.4 Å². The van der Waals surface area contributed by atoms with E-state index in [4.69, 9.17) is 10.2 Å². The number of H-pyrrole nitrogens is 1. The molecule has 96 valence electrons. The lowest BCUT2D eigenvalue weighted by Crippen LogP contribution is -2.19. The average Bonchev–Trinajstić information content (AvgIpc) is 2.97. The van der Waals surface area contributed by atoms with Crippen molar-refractivity contribution in [2.75, 3.05) is 6.54 Å². The molecule has 2 aromatic rings. The average molecular weight is 246 g/mol. The van der Waals surface area contributed by atoms with Crippen LogP contribution in [0, 0.1) is 5.92 Å². The van der Waals surface area contributed by atoms with Crippen LogP contribution in [0.5, 0.6) is 0 Å². The van der Waals surface area contributed by atoms with Crippen LogP contribution in [0.3, 0.4) is 0 Å². The van der Waals surface area contributed by atoms with Gasteiger partial charge < -0.3 is 10.2 Å². The van der Waals surface area contributed by atoms with Crippen molar-refractivity contribution in [3.8, 4) is 0 Å².